The van der Waals surface area contributed by atoms with Gasteiger partial charge in [0, 0.05) is 0 Å². The van der Waals surface area contributed by atoms with Crippen LogP contribution < -0.4 is 5.32 Å². The molecule has 0 radical (unpaired) electrons. The molecular weight excluding hydrogens is 234 g/mol. The molecule has 5 heteroatoms. The Morgan fingerprint density at radius 1 is 1.22 bits per heavy atom. The molecule has 1 saturated carbocycles. The van der Waals surface area contributed by atoms with E-state index in [-0.39, 0.29) is 24.5 Å². The number of rotatable bonds is 5. The number of hydrogen-bond donors (Lipinski definition) is 3. The number of aliphatic hydroxyl groups excluding tert-OH is 1. The zero-order valence-corrected chi connectivity index (χ0v) is 11.1. The summed E-state index contributed by atoms with van der Waals surface area (Å²) in [5.41, 5.74) is 0. The zero-order chi connectivity index (χ0) is 13.7. The molecule has 104 valence electrons. The Labute approximate surface area is 108 Å². The second kappa shape index (κ2) is 6.73. The summed E-state index contributed by atoms with van der Waals surface area (Å²) in [6.07, 6.45) is 2.96. The summed E-state index contributed by atoms with van der Waals surface area (Å²) in [6, 6.07) is -0.297. The molecule has 1 rings (SSSR count). The Morgan fingerprint density at radius 3 is 2.22 bits per heavy atom. The molecule has 3 N–H and O–H groups in total. The largest absolute Gasteiger partial charge is 0.481 e. The highest BCUT2D eigenvalue weighted by atomic mass is 16.4. The van der Waals surface area contributed by atoms with Gasteiger partial charge < -0.3 is 15.5 Å². The first kappa shape index (κ1) is 15.0. The van der Waals surface area contributed by atoms with Crippen molar-refractivity contribution in [3.63, 3.8) is 0 Å². The highest BCUT2D eigenvalue weighted by Crippen LogP contribution is 2.30. The van der Waals surface area contributed by atoms with Crippen molar-refractivity contribution in [2.24, 2.45) is 17.8 Å². The van der Waals surface area contributed by atoms with Gasteiger partial charge in [-0.2, -0.15) is 0 Å². The van der Waals surface area contributed by atoms with Crippen LogP contribution in [-0.2, 0) is 9.59 Å². The molecule has 0 bridgehead atoms. The summed E-state index contributed by atoms with van der Waals surface area (Å²) in [5.74, 6) is -2.02. The van der Waals surface area contributed by atoms with Gasteiger partial charge in [-0.3, -0.25) is 9.59 Å². The maximum Gasteiger partial charge on any atom is 0.307 e. The predicted octanol–water partition coefficient (Wildman–Crippen LogP) is 1.01. The van der Waals surface area contributed by atoms with E-state index in [0.29, 0.717) is 12.8 Å². The maximum atomic E-state index is 12.1. The number of carboxylic acids is 1. The van der Waals surface area contributed by atoms with E-state index in [1.807, 2.05) is 13.8 Å². The lowest BCUT2D eigenvalue weighted by atomic mass is 9.78. The summed E-state index contributed by atoms with van der Waals surface area (Å²) in [5, 5.41) is 21.1. The van der Waals surface area contributed by atoms with Crippen molar-refractivity contribution in [2.45, 2.75) is 45.6 Å². The van der Waals surface area contributed by atoms with Crippen molar-refractivity contribution >= 4 is 11.9 Å². The number of nitrogens with one attached hydrogen (secondary N) is 1. The molecule has 0 unspecified atom stereocenters. The Hall–Kier alpha value is -1.10. The van der Waals surface area contributed by atoms with Gasteiger partial charge in [0.2, 0.25) is 5.91 Å². The molecule has 0 spiro atoms. The van der Waals surface area contributed by atoms with Crippen molar-refractivity contribution in [3.8, 4) is 0 Å². The number of hydrogen-bond acceptors (Lipinski definition) is 3. The van der Waals surface area contributed by atoms with E-state index < -0.39 is 17.8 Å². The fourth-order valence-corrected chi connectivity index (χ4v) is 2.45. The molecule has 0 aromatic heterocycles. The minimum absolute atomic E-state index is 0.117. The van der Waals surface area contributed by atoms with Crippen LogP contribution in [0.1, 0.15) is 39.5 Å². The molecule has 1 aliphatic rings. The van der Waals surface area contributed by atoms with E-state index in [1.54, 1.807) is 0 Å². The van der Waals surface area contributed by atoms with Crippen molar-refractivity contribution in [1.82, 2.24) is 5.32 Å². The van der Waals surface area contributed by atoms with E-state index in [2.05, 4.69) is 5.32 Å². The molecule has 0 heterocycles. The van der Waals surface area contributed by atoms with Gasteiger partial charge >= 0.3 is 5.97 Å². The molecule has 1 fully saturated rings. The Morgan fingerprint density at radius 2 is 1.78 bits per heavy atom. The number of carbonyl (C=O) groups is 2. The summed E-state index contributed by atoms with van der Waals surface area (Å²) in [4.78, 5) is 23.2. The third kappa shape index (κ3) is 3.70. The number of amides is 1. The molecule has 1 amide bonds. The monoisotopic (exact) mass is 257 g/mol. The minimum atomic E-state index is -0.889. The van der Waals surface area contributed by atoms with Gasteiger partial charge in [0.15, 0.2) is 0 Å². The van der Waals surface area contributed by atoms with Crippen LogP contribution in [0.4, 0.5) is 0 Å². The van der Waals surface area contributed by atoms with Crippen LogP contribution in [0.5, 0.6) is 0 Å². The van der Waals surface area contributed by atoms with E-state index in [4.69, 9.17) is 5.11 Å². The molecule has 0 saturated heterocycles. The number of carbonyl (C=O) groups excluding carboxylic acids is 1. The summed E-state index contributed by atoms with van der Waals surface area (Å²) >= 11 is 0. The molecule has 18 heavy (non-hydrogen) atoms. The quantitative estimate of drug-likeness (QED) is 0.686. The van der Waals surface area contributed by atoms with Crippen LogP contribution in [-0.4, -0.2) is 34.7 Å². The lowest BCUT2D eigenvalue weighted by Crippen LogP contribution is -2.47. The first-order valence-corrected chi connectivity index (χ1v) is 6.61. The summed E-state index contributed by atoms with van der Waals surface area (Å²) < 4.78 is 0. The van der Waals surface area contributed by atoms with Crippen LogP contribution in [0.3, 0.4) is 0 Å². The lowest BCUT2D eigenvalue weighted by molar-refractivity contribution is -0.149. The number of carboxylic acid groups (broad SMARTS) is 1. The van der Waals surface area contributed by atoms with Gasteiger partial charge in [0.05, 0.1) is 24.5 Å². The third-order valence-electron chi connectivity index (χ3n) is 3.75. The van der Waals surface area contributed by atoms with E-state index in [9.17, 15) is 14.7 Å². The van der Waals surface area contributed by atoms with Crippen LogP contribution in [0.2, 0.25) is 0 Å². The normalized spacial score (nSPS) is 25.8. The molecule has 1 aliphatic carbocycles. The Bertz CT molecular complexity index is 303. The predicted molar refractivity (Wildman–Crippen MR) is 66.9 cm³/mol. The summed E-state index contributed by atoms with van der Waals surface area (Å²) in [7, 11) is 0. The average Bonchev–Trinajstić information content (AvgIpc) is 2.35. The second-order valence-electron chi connectivity index (χ2n) is 5.38. The topological polar surface area (TPSA) is 86.6 Å². The first-order valence-electron chi connectivity index (χ1n) is 6.61. The molecule has 0 aromatic rings. The van der Waals surface area contributed by atoms with Gasteiger partial charge in [-0.1, -0.05) is 26.7 Å². The van der Waals surface area contributed by atoms with Crippen LogP contribution >= 0.6 is 0 Å². The van der Waals surface area contributed by atoms with Gasteiger partial charge in [-0.05, 0) is 18.8 Å². The van der Waals surface area contributed by atoms with Crippen molar-refractivity contribution < 1.29 is 19.8 Å². The van der Waals surface area contributed by atoms with Crippen LogP contribution in [0, 0.1) is 17.8 Å². The smallest absolute Gasteiger partial charge is 0.307 e. The Kier molecular flexibility index (Phi) is 5.59. The Balaban J connectivity index is 2.65. The van der Waals surface area contributed by atoms with Crippen molar-refractivity contribution in [1.29, 1.82) is 0 Å². The summed E-state index contributed by atoms with van der Waals surface area (Å²) in [6.45, 7) is 3.71. The van der Waals surface area contributed by atoms with Crippen molar-refractivity contribution in [3.05, 3.63) is 0 Å². The SMILES string of the molecule is CC(C)[C@@H](CO)NC(=O)[C@@H]1CCCC[C@@H]1C(=O)O. The minimum Gasteiger partial charge on any atom is -0.481 e. The van der Waals surface area contributed by atoms with Crippen LogP contribution in [0.15, 0.2) is 0 Å². The van der Waals surface area contributed by atoms with Crippen molar-refractivity contribution in [2.75, 3.05) is 6.61 Å². The molecule has 0 aromatic carbocycles. The van der Waals surface area contributed by atoms with E-state index in [1.165, 1.54) is 0 Å². The molecular formula is C13H23NO4. The van der Waals surface area contributed by atoms with Crippen LogP contribution in [0.25, 0.3) is 0 Å². The fourth-order valence-electron chi connectivity index (χ4n) is 2.45. The first-order chi connectivity index (χ1) is 8.47. The molecule has 0 aliphatic heterocycles. The standard InChI is InChI=1S/C13H23NO4/c1-8(2)11(7-15)14-12(16)9-5-3-4-6-10(9)13(17)18/h8-11,15H,3-7H2,1-2H3,(H,14,16)(H,17,18)/t9-,10+,11-/m1/s1. The van der Waals surface area contributed by atoms with Gasteiger partial charge in [-0.25, -0.2) is 0 Å². The maximum absolute atomic E-state index is 12.1. The lowest BCUT2D eigenvalue weighted by Gasteiger charge is -2.30. The highest BCUT2D eigenvalue weighted by Gasteiger charge is 2.36. The van der Waals surface area contributed by atoms with Gasteiger partial charge in [-0.15, -0.1) is 0 Å². The fraction of sp³-hybridized carbons (Fsp3) is 0.846. The second-order valence-corrected chi connectivity index (χ2v) is 5.38. The highest BCUT2D eigenvalue weighted by molar-refractivity contribution is 5.85. The molecule has 5 nitrogen and oxygen atoms in total. The van der Waals surface area contributed by atoms with Gasteiger partial charge in [0.1, 0.15) is 0 Å². The van der Waals surface area contributed by atoms with E-state index in [0.717, 1.165) is 12.8 Å². The third-order valence-corrected chi connectivity index (χ3v) is 3.75. The number of aliphatic hydroxyl groups is 1. The zero-order valence-electron chi connectivity index (χ0n) is 11.1. The van der Waals surface area contributed by atoms with Gasteiger partial charge in [0.25, 0.3) is 0 Å². The van der Waals surface area contributed by atoms with E-state index >= 15 is 0 Å². The molecule has 3 atom stereocenters. The number of aliphatic carboxylic acids is 1. The average molecular weight is 257 g/mol.